The number of H-pyrrole nitrogens is 2. The van der Waals surface area contributed by atoms with Crippen LogP contribution < -0.4 is 4.90 Å². The van der Waals surface area contributed by atoms with E-state index < -0.39 is 10.8 Å². The van der Waals surface area contributed by atoms with Crippen LogP contribution in [-0.4, -0.2) is 56.5 Å². The van der Waals surface area contributed by atoms with Crippen LogP contribution in [-0.2, 0) is 15.0 Å². The summed E-state index contributed by atoms with van der Waals surface area (Å²) in [5, 5.41) is 11.7. The number of carbonyl (C=O) groups excluding carboxylic acids is 3. The number of aromatic hydroxyl groups is 1. The summed E-state index contributed by atoms with van der Waals surface area (Å²) in [5.41, 5.74) is 5.42. The minimum atomic E-state index is -0.559. The van der Waals surface area contributed by atoms with Crippen molar-refractivity contribution in [3.63, 3.8) is 0 Å². The number of fused-ring (bicyclic) bond motifs is 6. The van der Waals surface area contributed by atoms with Crippen molar-refractivity contribution in [3.05, 3.63) is 58.2 Å². The third-order valence-electron chi connectivity index (χ3n) is 10.7. The number of allylic oxidation sites excluding steroid dienone is 2. The number of alkyl halides is 1. The molecular weight excluding hydrogens is 528 g/mol. The number of halogens is 1. The molecule has 4 heterocycles. The van der Waals surface area contributed by atoms with Crippen LogP contribution in [0.4, 0.5) is 5.69 Å². The third-order valence-corrected chi connectivity index (χ3v) is 11.1. The monoisotopic (exact) mass is 558 g/mol. The highest BCUT2D eigenvalue weighted by Gasteiger charge is 2.76. The molecule has 1 unspecified atom stereocenters. The molecule has 2 aliphatic heterocycles. The van der Waals surface area contributed by atoms with Gasteiger partial charge < -0.3 is 24.9 Å². The Morgan fingerprint density at radius 1 is 1.07 bits per heavy atom. The molecule has 1 aromatic carbocycles. The number of likely N-dealkylation sites (tertiary alicyclic amines) is 1. The average Bonchev–Trinajstić information content (AvgIpc) is 3.62. The van der Waals surface area contributed by atoms with Crippen LogP contribution in [0.3, 0.4) is 0 Å². The molecule has 9 rings (SSSR count). The second-order valence-corrected chi connectivity index (χ2v) is 13.4. The Hall–Kier alpha value is -3.52. The van der Waals surface area contributed by atoms with Crippen molar-refractivity contribution in [3.8, 4) is 5.75 Å². The molecule has 0 spiro atoms. The van der Waals surface area contributed by atoms with E-state index in [1.54, 1.807) is 17.0 Å². The molecule has 0 radical (unpaired) electrons. The van der Waals surface area contributed by atoms with Gasteiger partial charge in [0.05, 0.1) is 27.7 Å². The minimum absolute atomic E-state index is 0.0221. The van der Waals surface area contributed by atoms with Crippen molar-refractivity contribution in [2.24, 2.45) is 10.8 Å². The highest BCUT2D eigenvalue weighted by Crippen LogP contribution is 2.75. The summed E-state index contributed by atoms with van der Waals surface area (Å²) in [7, 11) is 0. The Morgan fingerprint density at radius 3 is 2.45 bits per heavy atom. The normalized spacial score (nSPS) is 31.4. The molecule has 3 N–H and O–H groups in total. The predicted octanol–water partition coefficient (Wildman–Crippen LogP) is 4.93. The maximum atomic E-state index is 14.0. The topological polar surface area (TPSA) is 110 Å². The summed E-state index contributed by atoms with van der Waals surface area (Å²) in [6.07, 6.45) is 7.72. The number of phenols is 1. The van der Waals surface area contributed by atoms with E-state index in [-0.39, 0.29) is 34.7 Å². The second kappa shape index (κ2) is 7.40. The molecule has 3 aromatic rings. The molecule has 4 aliphatic carbocycles. The molecule has 2 atom stereocenters. The minimum Gasteiger partial charge on any atom is -0.506 e. The number of nitrogens with zero attached hydrogens (tertiary/aromatic N) is 2. The van der Waals surface area contributed by atoms with Gasteiger partial charge in [0.1, 0.15) is 5.75 Å². The van der Waals surface area contributed by atoms with Crippen molar-refractivity contribution in [1.29, 1.82) is 0 Å². The number of phenolic OH excluding ortho intramolecular Hbond substituents is 1. The number of hydrogen-bond donors (Lipinski definition) is 3. The Kier molecular flexibility index (Phi) is 4.50. The lowest BCUT2D eigenvalue weighted by atomic mass is 9.34. The van der Waals surface area contributed by atoms with Crippen molar-refractivity contribution < 1.29 is 19.5 Å². The Labute approximate surface area is 236 Å². The van der Waals surface area contributed by atoms with Gasteiger partial charge in [0, 0.05) is 65.9 Å². The Morgan fingerprint density at radius 2 is 1.75 bits per heavy atom. The van der Waals surface area contributed by atoms with Crippen LogP contribution in [0.25, 0.3) is 10.9 Å². The lowest BCUT2D eigenvalue weighted by molar-refractivity contribution is -0.212. The van der Waals surface area contributed by atoms with Crippen molar-refractivity contribution in [2.75, 3.05) is 23.9 Å². The van der Waals surface area contributed by atoms with Gasteiger partial charge in [-0.3, -0.25) is 14.4 Å². The average molecular weight is 559 g/mol. The van der Waals surface area contributed by atoms with E-state index in [0.29, 0.717) is 49.4 Å². The van der Waals surface area contributed by atoms with E-state index in [1.807, 2.05) is 31.1 Å². The molecule has 2 aromatic heterocycles. The van der Waals surface area contributed by atoms with E-state index in [1.165, 1.54) is 0 Å². The molecule has 206 valence electrons. The summed E-state index contributed by atoms with van der Waals surface area (Å²) >= 11 is 6.39. The van der Waals surface area contributed by atoms with Gasteiger partial charge in [-0.2, -0.15) is 0 Å². The van der Waals surface area contributed by atoms with E-state index in [4.69, 9.17) is 11.6 Å². The first kappa shape index (κ1) is 24.3. The van der Waals surface area contributed by atoms with E-state index in [9.17, 15) is 19.5 Å². The number of benzene rings is 1. The maximum Gasteiger partial charge on any atom is 0.233 e. The molecule has 2 bridgehead atoms. The van der Waals surface area contributed by atoms with Gasteiger partial charge in [0.2, 0.25) is 17.6 Å². The smallest absolute Gasteiger partial charge is 0.233 e. The third kappa shape index (κ3) is 2.66. The van der Waals surface area contributed by atoms with Crippen LogP contribution in [0.5, 0.6) is 5.75 Å². The summed E-state index contributed by atoms with van der Waals surface area (Å²) in [6.45, 7) is 7.17. The molecule has 3 saturated carbocycles. The van der Waals surface area contributed by atoms with Gasteiger partial charge in [-0.1, -0.05) is 0 Å². The van der Waals surface area contributed by atoms with Crippen molar-refractivity contribution in [2.45, 2.75) is 57.8 Å². The standard InChI is InChI=1S/C31H31ClN4O4/c1-15-9-33-25-19(37)6-18-23(22(15)25)17(8-32)11-36(18)28(40)31-12-30(13-31,14-31)27(39)35-5-4-29(3)21(35)7-20(38)26-24(29)16(2)10-34-26/h6-7,9-10,17,33-34,37H,4-5,8,11-14H2,1-3H3/t17-,29?,30?,31?/m1/s1. The summed E-state index contributed by atoms with van der Waals surface area (Å²) in [4.78, 5) is 50.9. The van der Waals surface area contributed by atoms with E-state index in [2.05, 4.69) is 16.9 Å². The quantitative estimate of drug-likeness (QED) is 0.396. The number of amides is 2. The number of hydrogen-bond acceptors (Lipinski definition) is 4. The number of aromatic amines is 2. The Balaban J connectivity index is 1.06. The number of ketones is 1. The molecule has 8 nitrogen and oxygen atoms in total. The first-order valence-corrected chi connectivity index (χ1v) is 14.6. The van der Waals surface area contributed by atoms with Gasteiger partial charge in [-0.25, -0.2) is 0 Å². The SMILES string of the molecule is Cc1c[nH]c2c1C1(C)CCN(C(=O)C34CC(C(=O)N5C[C@@H](CCl)c6c5cc(O)c5[nH]cc(C)c65)(C3)C4)C1=CC2=O. The largest absolute Gasteiger partial charge is 0.506 e. The number of aryl methyl sites for hydroxylation is 2. The lowest BCUT2D eigenvalue weighted by Crippen LogP contribution is -2.72. The van der Waals surface area contributed by atoms with Crippen LogP contribution in [0.15, 0.2) is 30.2 Å². The second-order valence-electron chi connectivity index (χ2n) is 13.1. The van der Waals surface area contributed by atoms with Crippen LogP contribution in [0.2, 0.25) is 0 Å². The van der Waals surface area contributed by atoms with E-state index >= 15 is 0 Å². The van der Waals surface area contributed by atoms with Gasteiger partial charge >= 0.3 is 0 Å². The zero-order valence-corrected chi connectivity index (χ0v) is 23.5. The molecule has 6 aliphatic rings. The number of nitrogens with one attached hydrogen (secondary N) is 2. The van der Waals surface area contributed by atoms with Gasteiger partial charge in [0.25, 0.3) is 0 Å². The van der Waals surface area contributed by atoms with Gasteiger partial charge in [-0.15, -0.1) is 11.6 Å². The zero-order valence-electron chi connectivity index (χ0n) is 22.8. The van der Waals surface area contributed by atoms with Crippen LogP contribution >= 0.6 is 11.6 Å². The molecule has 9 heteroatoms. The first-order valence-electron chi connectivity index (χ1n) is 14.0. The Bertz CT molecular complexity index is 1730. The fourth-order valence-electron chi connectivity index (χ4n) is 8.86. The molecular formula is C31H31ClN4O4. The maximum absolute atomic E-state index is 14.0. The molecule has 2 amide bonds. The van der Waals surface area contributed by atoms with Crippen molar-refractivity contribution >= 4 is 45.8 Å². The highest BCUT2D eigenvalue weighted by atomic mass is 35.5. The summed E-state index contributed by atoms with van der Waals surface area (Å²) < 4.78 is 0. The van der Waals surface area contributed by atoms with Crippen LogP contribution in [0.1, 0.15) is 71.3 Å². The summed E-state index contributed by atoms with van der Waals surface area (Å²) in [6, 6.07) is 1.68. The molecule has 4 fully saturated rings. The first-order chi connectivity index (χ1) is 19.0. The zero-order chi connectivity index (χ0) is 27.9. The van der Waals surface area contributed by atoms with Crippen LogP contribution in [0, 0.1) is 24.7 Å². The fraction of sp³-hybridized carbons (Fsp3) is 0.452. The fourth-order valence-corrected chi connectivity index (χ4v) is 9.12. The number of anilines is 1. The summed E-state index contributed by atoms with van der Waals surface area (Å²) in [5.74, 6) is 0.447. The highest BCUT2D eigenvalue weighted by molar-refractivity contribution is 6.19. The predicted molar refractivity (Wildman–Crippen MR) is 151 cm³/mol. The lowest BCUT2D eigenvalue weighted by Gasteiger charge is -2.69. The van der Waals surface area contributed by atoms with E-state index in [0.717, 1.165) is 45.4 Å². The van der Waals surface area contributed by atoms with Gasteiger partial charge in [0.15, 0.2) is 0 Å². The molecule has 40 heavy (non-hydrogen) atoms. The number of aromatic nitrogens is 2. The van der Waals surface area contributed by atoms with Crippen molar-refractivity contribution in [1.82, 2.24) is 14.9 Å². The van der Waals surface area contributed by atoms with Gasteiger partial charge in [-0.05, 0) is 68.7 Å². The number of carbonyl (C=O) groups is 3. The molecule has 1 saturated heterocycles. The number of rotatable bonds is 3.